The van der Waals surface area contributed by atoms with Crippen molar-refractivity contribution in [1.29, 1.82) is 0 Å². The van der Waals surface area contributed by atoms with Crippen molar-refractivity contribution in [2.75, 3.05) is 32.8 Å². The van der Waals surface area contributed by atoms with E-state index in [0.717, 1.165) is 44.0 Å². The fourth-order valence-electron chi connectivity index (χ4n) is 3.07. The smallest absolute Gasteiger partial charge is 0.309 e. The van der Waals surface area contributed by atoms with E-state index in [1.807, 2.05) is 32.0 Å². The lowest BCUT2D eigenvalue weighted by Gasteiger charge is -2.33. The second-order valence-electron chi connectivity index (χ2n) is 6.59. The summed E-state index contributed by atoms with van der Waals surface area (Å²) in [4.78, 5) is 29.7. The molecule has 0 unspecified atom stereocenters. The minimum absolute atomic E-state index is 0.0295. The molecule has 0 aromatic heterocycles. The van der Waals surface area contributed by atoms with Gasteiger partial charge in [-0.3, -0.25) is 9.59 Å². The zero-order valence-corrected chi connectivity index (χ0v) is 16.6. The molecule has 1 heterocycles. The van der Waals surface area contributed by atoms with Crippen LogP contribution >= 0.6 is 0 Å². The molecule has 3 N–H and O–H groups in total. The van der Waals surface area contributed by atoms with Gasteiger partial charge in [0.05, 0.1) is 19.1 Å². The van der Waals surface area contributed by atoms with Gasteiger partial charge < -0.3 is 25.4 Å². The zero-order valence-electron chi connectivity index (χ0n) is 16.6. The summed E-state index contributed by atoms with van der Waals surface area (Å²) in [5.74, 6) is 0.777. The highest BCUT2D eigenvalue weighted by Gasteiger charge is 2.27. The summed E-state index contributed by atoms with van der Waals surface area (Å²) in [7, 11) is 0. The average molecular weight is 390 g/mol. The number of benzene rings is 1. The maximum Gasteiger partial charge on any atom is 0.309 e. The Balaban J connectivity index is 1.96. The monoisotopic (exact) mass is 390 g/mol. The molecule has 8 nitrogen and oxygen atoms in total. The van der Waals surface area contributed by atoms with Gasteiger partial charge in [-0.1, -0.05) is 12.1 Å². The fourth-order valence-corrected chi connectivity index (χ4v) is 3.07. The highest BCUT2D eigenvalue weighted by atomic mass is 16.5. The lowest BCUT2D eigenvalue weighted by Crippen LogP contribution is -2.46. The van der Waals surface area contributed by atoms with Gasteiger partial charge in [-0.25, -0.2) is 4.99 Å². The molecule has 0 atom stereocenters. The zero-order chi connectivity index (χ0) is 20.4. The highest BCUT2D eigenvalue weighted by Crippen LogP contribution is 2.19. The molecule has 1 aliphatic rings. The van der Waals surface area contributed by atoms with Crippen LogP contribution in [0.4, 0.5) is 0 Å². The predicted octanol–water partition coefficient (Wildman–Crippen LogP) is 1.29. The number of rotatable bonds is 8. The number of guanidine groups is 1. The van der Waals surface area contributed by atoms with Crippen LogP contribution in [0.1, 0.15) is 32.3 Å². The molecule has 1 amide bonds. The molecule has 28 heavy (non-hydrogen) atoms. The molecule has 8 heteroatoms. The van der Waals surface area contributed by atoms with Crippen molar-refractivity contribution >= 4 is 17.8 Å². The third-order valence-corrected chi connectivity index (χ3v) is 4.44. The standard InChI is InChI=1S/C20H30N4O4/c1-3-22-20(24-10-8-16(9-11-24)19(26)27-4-2)23-13-15-6-5-7-17(12-15)28-14-18(21)25/h5-7,12,16H,3-4,8-11,13-14H2,1-2H3,(H2,21,25)(H,22,23). The molecule has 2 rings (SSSR count). The number of nitrogens with zero attached hydrogens (tertiary/aromatic N) is 2. The quantitative estimate of drug-likeness (QED) is 0.394. The van der Waals surface area contributed by atoms with E-state index in [0.29, 0.717) is 18.9 Å². The van der Waals surface area contributed by atoms with E-state index in [4.69, 9.17) is 20.2 Å². The van der Waals surface area contributed by atoms with E-state index in [1.165, 1.54) is 0 Å². The largest absolute Gasteiger partial charge is 0.484 e. The summed E-state index contributed by atoms with van der Waals surface area (Å²) in [5, 5.41) is 3.31. The molecule has 1 saturated heterocycles. The molecule has 1 aliphatic heterocycles. The minimum atomic E-state index is -0.510. The first kappa shape index (κ1) is 21.5. The number of hydrogen-bond donors (Lipinski definition) is 2. The summed E-state index contributed by atoms with van der Waals surface area (Å²) >= 11 is 0. The van der Waals surface area contributed by atoms with Crippen molar-refractivity contribution in [3.8, 4) is 5.75 Å². The van der Waals surface area contributed by atoms with Crippen LogP contribution in [0.2, 0.25) is 0 Å². The Bertz CT molecular complexity index is 685. The van der Waals surface area contributed by atoms with Crippen LogP contribution in [0.3, 0.4) is 0 Å². The second-order valence-corrected chi connectivity index (χ2v) is 6.59. The van der Waals surface area contributed by atoms with E-state index >= 15 is 0 Å². The van der Waals surface area contributed by atoms with Gasteiger partial charge in [0, 0.05) is 19.6 Å². The van der Waals surface area contributed by atoms with Gasteiger partial charge in [0.25, 0.3) is 5.91 Å². The lowest BCUT2D eigenvalue weighted by atomic mass is 9.97. The summed E-state index contributed by atoms with van der Waals surface area (Å²) < 4.78 is 10.5. The van der Waals surface area contributed by atoms with E-state index < -0.39 is 5.91 Å². The number of ether oxygens (including phenoxy) is 2. The van der Waals surface area contributed by atoms with E-state index in [-0.39, 0.29) is 18.5 Å². The van der Waals surface area contributed by atoms with E-state index in [9.17, 15) is 9.59 Å². The predicted molar refractivity (Wildman–Crippen MR) is 107 cm³/mol. The molecule has 0 radical (unpaired) electrons. The van der Waals surface area contributed by atoms with Crippen LogP contribution < -0.4 is 15.8 Å². The number of primary amides is 1. The normalized spacial score (nSPS) is 15.2. The average Bonchev–Trinajstić information content (AvgIpc) is 2.70. The number of nitrogens with two attached hydrogens (primary N) is 1. The molecular weight excluding hydrogens is 360 g/mol. The van der Waals surface area contributed by atoms with Gasteiger partial charge in [0.15, 0.2) is 12.6 Å². The van der Waals surface area contributed by atoms with Crippen molar-refractivity contribution in [2.45, 2.75) is 33.2 Å². The molecular formula is C20H30N4O4. The summed E-state index contributed by atoms with van der Waals surface area (Å²) in [6.45, 7) is 6.90. The number of amides is 1. The fraction of sp³-hybridized carbons (Fsp3) is 0.550. The van der Waals surface area contributed by atoms with Crippen LogP contribution in [0.15, 0.2) is 29.3 Å². The molecule has 1 aromatic carbocycles. The van der Waals surface area contributed by atoms with Gasteiger partial charge in [-0.2, -0.15) is 0 Å². The van der Waals surface area contributed by atoms with Crippen molar-refractivity contribution in [3.05, 3.63) is 29.8 Å². The SMILES string of the molecule is CCNC(=NCc1cccc(OCC(N)=O)c1)N1CCC(C(=O)OCC)CC1. The first-order valence-electron chi connectivity index (χ1n) is 9.73. The molecule has 0 bridgehead atoms. The van der Waals surface area contributed by atoms with Crippen molar-refractivity contribution in [3.63, 3.8) is 0 Å². The van der Waals surface area contributed by atoms with Crippen molar-refractivity contribution in [2.24, 2.45) is 16.6 Å². The number of carbonyl (C=O) groups excluding carboxylic acids is 2. The Labute approximate surface area is 166 Å². The third kappa shape index (κ3) is 6.75. The number of aliphatic imine (C=N–C) groups is 1. The number of hydrogen-bond acceptors (Lipinski definition) is 5. The van der Waals surface area contributed by atoms with Crippen LogP contribution in [0.25, 0.3) is 0 Å². The Morgan fingerprint density at radius 3 is 2.68 bits per heavy atom. The first-order chi connectivity index (χ1) is 13.5. The Morgan fingerprint density at radius 1 is 1.29 bits per heavy atom. The van der Waals surface area contributed by atoms with Crippen LogP contribution in [-0.4, -0.2) is 55.6 Å². The van der Waals surface area contributed by atoms with E-state index in [1.54, 1.807) is 6.07 Å². The summed E-state index contributed by atoms with van der Waals surface area (Å²) in [6.07, 6.45) is 1.53. The van der Waals surface area contributed by atoms with Gasteiger partial charge >= 0.3 is 5.97 Å². The number of esters is 1. The van der Waals surface area contributed by atoms with Gasteiger partial charge in [0.1, 0.15) is 5.75 Å². The Kier molecular flexibility index (Phi) is 8.58. The van der Waals surface area contributed by atoms with E-state index in [2.05, 4.69) is 10.2 Å². The molecule has 0 saturated carbocycles. The molecule has 1 fully saturated rings. The minimum Gasteiger partial charge on any atom is -0.484 e. The third-order valence-electron chi connectivity index (χ3n) is 4.44. The first-order valence-corrected chi connectivity index (χ1v) is 9.73. The van der Waals surface area contributed by atoms with Crippen molar-refractivity contribution in [1.82, 2.24) is 10.2 Å². The molecule has 154 valence electrons. The summed E-state index contributed by atoms with van der Waals surface area (Å²) in [5.41, 5.74) is 6.08. The van der Waals surface area contributed by atoms with Gasteiger partial charge in [-0.15, -0.1) is 0 Å². The second kappa shape index (κ2) is 11.2. The molecule has 0 spiro atoms. The van der Waals surface area contributed by atoms with Gasteiger partial charge in [0.2, 0.25) is 0 Å². The number of nitrogens with one attached hydrogen (secondary N) is 1. The topological polar surface area (TPSA) is 106 Å². The number of piperidine rings is 1. The maximum absolute atomic E-state index is 11.9. The maximum atomic E-state index is 11.9. The van der Waals surface area contributed by atoms with Gasteiger partial charge in [-0.05, 0) is 44.4 Å². The Hall–Kier alpha value is -2.77. The van der Waals surface area contributed by atoms with Crippen LogP contribution in [0.5, 0.6) is 5.75 Å². The summed E-state index contributed by atoms with van der Waals surface area (Å²) in [6, 6.07) is 7.45. The van der Waals surface area contributed by atoms with Crippen LogP contribution in [0, 0.1) is 5.92 Å². The van der Waals surface area contributed by atoms with Crippen LogP contribution in [-0.2, 0) is 20.9 Å². The lowest BCUT2D eigenvalue weighted by molar-refractivity contribution is -0.149. The highest BCUT2D eigenvalue weighted by molar-refractivity contribution is 5.80. The molecule has 0 aliphatic carbocycles. The Morgan fingerprint density at radius 2 is 2.04 bits per heavy atom. The van der Waals surface area contributed by atoms with Crippen molar-refractivity contribution < 1.29 is 19.1 Å². The molecule has 1 aromatic rings. The number of carbonyl (C=O) groups is 2. The number of likely N-dealkylation sites (tertiary alicyclic amines) is 1.